The van der Waals surface area contributed by atoms with Gasteiger partial charge in [-0.3, -0.25) is 9.59 Å². The third-order valence-electron chi connectivity index (χ3n) is 3.03. The second-order valence-electron chi connectivity index (χ2n) is 4.90. The first-order valence-corrected chi connectivity index (χ1v) is 6.51. The summed E-state index contributed by atoms with van der Waals surface area (Å²) in [5, 5.41) is 16.1. The molecule has 22 heavy (non-hydrogen) atoms. The molecule has 0 aliphatic rings. The number of aryl methyl sites for hydroxylation is 1. The van der Waals surface area contributed by atoms with Crippen molar-refractivity contribution in [1.82, 2.24) is 15.1 Å². The molecule has 7 heteroatoms. The summed E-state index contributed by atoms with van der Waals surface area (Å²) >= 11 is 0. The average Bonchev–Trinajstić information content (AvgIpc) is 2.81. The summed E-state index contributed by atoms with van der Waals surface area (Å²) in [6.45, 7) is 4.46. The fourth-order valence-corrected chi connectivity index (χ4v) is 2.23. The van der Waals surface area contributed by atoms with E-state index in [1.54, 1.807) is 25.3 Å². The van der Waals surface area contributed by atoms with Gasteiger partial charge in [0, 0.05) is 19.2 Å². The SMILES string of the molecule is CC(=O)NC(=Cc1cc(C)c2c(cnn2C(C)=O)c1)C(=O)O. The van der Waals surface area contributed by atoms with Crippen molar-refractivity contribution >= 4 is 34.8 Å². The first-order chi connectivity index (χ1) is 10.3. The van der Waals surface area contributed by atoms with Crippen LogP contribution in [0.25, 0.3) is 17.0 Å². The molecule has 0 spiro atoms. The molecule has 0 radical (unpaired) electrons. The van der Waals surface area contributed by atoms with E-state index in [1.807, 2.05) is 0 Å². The van der Waals surface area contributed by atoms with Gasteiger partial charge < -0.3 is 10.4 Å². The fraction of sp³-hybridized carbons (Fsp3) is 0.200. The Kier molecular flexibility index (Phi) is 4.07. The maximum Gasteiger partial charge on any atom is 0.352 e. The maximum atomic E-state index is 11.5. The number of amides is 1. The second kappa shape index (κ2) is 5.80. The van der Waals surface area contributed by atoms with Gasteiger partial charge in [0.1, 0.15) is 5.70 Å². The molecule has 0 aliphatic heterocycles. The molecule has 0 saturated carbocycles. The summed E-state index contributed by atoms with van der Waals surface area (Å²) in [7, 11) is 0. The van der Waals surface area contributed by atoms with E-state index >= 15 is 0 Å². The summed E-state index contributed by atoms with van der Waals surface area (Å²) in [5.41, 5.74) is 1.84. The van der Waals surface area contributed by atoms with Crippen molar-refractivity contribution in [2.45, 2.75) is 20.8 Å². The van der Waals surface area contributed by atoms with Crippen LogP contribution in [0.1, 0.15) is 29.8 Å². The van der Waals surface area contributed by atoms with Gasteiger partial charge in [-0.1, -0.05) is 0 Å². The molecule has 1 aromatic carbocycles. The van der Waals surface area contributed by atoms with Crippen molar-refractivity contribution in [2.75, 3.05) is 0 Å². The van der Waals surface area contributed by atoms with Crippen LogP contribution in [-0.2, 0) is 9.59 Å². The number of fused-ring (bicyclic) bond motifs is 1. The number of nitrogens with zero attached hydrogens (tertiary/aromatic N) is 2. The highest BCUT2D eigenvalue weighted by Crippen LogP contribution is 2.22. The molecule has 2 aromatic rings. The number of hydrogen-bond acceptors (Lipinski definition) is 4. The van der Waals surface area contributed by atoms with Crippen LogP contribution in [0.3, 0.4) is 0 Å². The van der Waals surface area contributed by atoms with Gasteiger partial charge in [0.2, 0.25) is 11.8 Å². The molecule has 0 saturated heterocycles. The lowest BCUT2D eigenvalue weighted by molar-refractivity contribution is -0.134. The zero-order valence-corrected chi connectivity index (χ0v) is 12.4. The number of rotatable bonds is 3. The zero-order valence-electron chi connectivity index (χ0n) is 12.4. The van der Waals surface area contributed by atoms with E-state index < -0.39 is 11.9 Å². The Morgan fingerprint density at radius 3 is 2.50 bits per heavy atom. The van der Waals surface area contributed by atoms with Gasteiger partial charge in [-0.05, 0) is 36.3 Å². The Hall–Kier alpha value is -2.96. The van der Waals surface area contributed by atoms with Crippen molar-refractivity contribution in [3.63, 3.8) is 0 Å². The Balaban J connectivity index is 2.55. The highest BCUT2D eigenvalue weighted by atomic mass is 16.4. The maximum absolute atomic E-state index is 11.5. The van der Waals surface area contributed by atoms with E-state index in [-0.39, 0.29) is 11.6 Å². The first-order valence-electron chi connectivity index (χ1n) is 6.51. The van der Waals surface area contributed by atoms with E-state index in [2.05, 4.69) is 10.4 Å². The third kappa shape index (κ3) is 3.03. The molecule has 1 heterocycles. The summed E-state index contributed by atoms with van der Waals surface area (Å²) < 4.78 is 1.30. The second-order valence-corrected chi connectivity index (χ2v) is 4.90. The van der Waals surface area contributed by atoms with Gasteiger partial charge in [0.15, 0.2) is 0 Å². The number of hydrogen-bond donors (Lipinski definition) is 2. The highest BCUT2D eigenvalue weighted by molar-refractivity contribution is 5.98. The smallest absolute Gasteiger partial charge is 0.352 e. The van der Waals surface area contributed by atoms with Crippen molar-refractivity contribution in [2.24, 2.45) is 0 Å². The molecule has 2 rings (SSSR count). The van der Waals surface area contributed by atoms with Crippen molar-refractivity contribution < 1.29 is 19.5 Å². The number of carboxylic acids is 1. The van der Waals surface area contributed by atoms with Crippen molar-refractivity contribution in [3.05, 3.63) is 35.2 Å². The van der Waals surface area contributed by atoms with E-state index in [1.165, 1.54) is 24.6 Å². The van der Waals surface area contributed by atoms with Gasteiger partial charge in [-0.15, -0.1) is 0 Å². The topological polar surface area (TPSA) is 101 Å². The number of carboxylic acid groups (broad SMARTS) is 1. The predicted octanol–water partition coefficient (Wildman–Crippen LogP) is 1.57. The lowest BCUT2D eigenvalue weighted by Crippen LogP contribution is -2.24. The number of benzene rings is 1. The molecule has 0 fully saturated rings. The van der Waals surface area contributed by atoms with Gasteiger partial charge in [-0.2, -0.15) is 5.10 Å². The quantitative estimate of drug-likeness (QED) is 0.838. The number of carbonyl (C=O) groups is 3. The van der Waals surface area contributed by atoms with Gasteiger partial charge >= 0.3 is 5.97 Å². The minimum atomic E-state index is -1.23. The molecule has 0 bridgehead atoms. The average molecular weight is 301 g/mol. The van der Waals surface area contributed by atoms with Crippen molar-refractivity contribution in [1.29, 1.82) is 0 Å². The molecule has 7 nitrogen and oxygen atoms in total. The van der Waals surface area contributed by atoms with Crippen LogP contribution in [0.5, 0.6) is 0 Å². The molecule has 0 unspecified atom stereocenters. The van der Waals surface area contributed by atoms with E-state index in [0.717, 1.165) is 5.56 Å². The number of carbonyl (C=O) groups excluding carboxylic acids is 2. The summed E-state index contributed by atoms with van der Waals surface area (Å²) in [5.74, 6) is -1.89. The predicted molar refractivity (Wildman–Crippen MR) is 80.2 cm³/mol. The first kappa shape index (κ1) is 15.4. The van der Waals surface area contributed by atoms with E-state index in [0.29, 0.717) is 16.5 Å². The molecule has 2 N–H and O–H groups in total. The van der Waals surface area contributed by atoms with Gasteiger partial charge in [-0.25, -0.2) is 9.48 Å². The van der Waals surface area contributed by atoms with Crippen LogP contribution in [0.2, 0.25) is 0 Å². The normalized spacial score (nSPS) is 11.5. The number of aliphatic carboxylic acids is 1. The van der Waals surface area contributed by atoms with E-state index in [4.69, 9.17) is 5.11 Å². The van der Waals surface area contributed by atoms with Crippen LogP contribution < -0.4 is 5.32 Å². The van der Waals surface area contributed by atoms with Crippen LogP contribution in [0, 0.1) is 6.92 Å². The standard InChI is InChI=1S/C15H15N3O4/c1-8-4-11(6-13(15(21)22)17-9(2)19)5-12-7-16-18(10(3)20)14(8)12/h4-7H,1-3H3,(H,17,19)(H,21,22). The molecular formula is C15H15N3O4. The molecule has 114 valence electrons. The van der Waals surface area contributed by atoms with Crippen LogP contribution >= 0.6 is 0 Å². The summed E-state index contributed by atoms with van der Waals surface area (Å²) in [6.07, 6.45) is 2.90. The van der Waals surface area contributed by atoms with Crippen molar-refractivity contribution in [3.8, 4) is 0 Å². The monoisotopic (exact) mass is 301 g/mol. The Bertz CT molecular complexity index is 818. The van der Waals surface area contributed by atoms with E-state index in [9.17, 15) is 14.4 Å². The summed E-state index contributed by atoms with van der Waals surface area (Å²) in [4.78, 5) is 33.7. The molecule has 1 amide bonds. The lowest BCUT2D eigenvalue weighted by atomic mass is 10.1. The Labute approximate surface area is 126 Å². The minimum Gasteiger partial charge on any atom is -0.477 e. The Morgan fingerprint density at radius 2 is 1.95 bits per heavy atom. The largest absolute Gasteiger partial charge is 0.477 e. The summed E-state index contributed by atoms with van der Waals surface area (Å²) in [6, 6.07) is 3.44. The fourth-order valence-electron chi connectivity index (χ4n) is 2.23. The van der Waals surface area contributed by atoms with Gasteiger partial charge in [0.05, 0.1) is 11.7 Å². The molecular weight excluding hydrogens is 286 g/mol. The molecule has 1 aromatic heterocycles. The van der Waals surface area contributed by atoms with Gasteiger partial charge in [0.25, 0.3) is 0 Å². The number of nitrogens with one attached hydrogen (secondary N) is 1. The van der Waals surface area contributed by atoms with Crippen LogP contribution in [-0.4, -0.2) is 32.7 Å². The number of aromatic nitrogens is 2. The Morgan fingerprint density at radius 1 is 1.27 bits per heavy atom. The zero-order chi connectivity index (χ0) is 16.4. The van der Waals surface area contributed by atoms with Crippen LogP contribution in [0.15, 0.2) is 24.0 Å². The minimum absolute atomic E-state index is 0.203. The highest BCUT2D eigenvalue weighted by Gasteiger charge is 2.12. The molecule has 0 aliphatic carbocycles. The molecule has 0 atom stereocenters. The third-order valence-corrected chi connectivity index (χ3v) is 3.03. The lowest BCUT2D eigenvalue weighted by Gasteiger charge is -2.06. The van der Waals surface area contributed by atoms with Crippen LogP contribution in [0.4, 0.5) is 0 Å².